The van der Waals surface area contributed by atoms with Gasteiger partial charge in [0, 0.05) is 25.1 Å². The Bertz CT molecular complexity index is 619. The Hall–Kier alpha value is -1.86. The number of halogens is 4. The Morgan fingerprint density at radius 2 is 1.91 bits per heavy atom. The molecule has 5 nitrogen and oxygen atoms in total. The van der Waals surface area contributed by atoms with Crippen molar-refractivity contribution in [1.29, 1.82) is 0 Å². The maximum Gasteiger partial charge on any atom is 0.319 e. The highest BCUT2D eigenvalue weighted by Crippen LogP contribution is 2.14. The van der Waals surface area contributed by atoms with Crippen LogP contribution in [0.15, 0.2) is 36.7 Å². The van der Waals surface area contributed by atoms with E-state index in [-0.39, 0.29) is 49.5 Å². The molecular formula is C14H18Cl2F2N4O. The Balaban J connectivity index is 0.00000242. The van der Waals surface area contributed by atoms with Crippen molar-refractivity contribution in [3.05, 3.63) is 48.0 Å². The van der Waals surface area contributed by atoms with Crippen LogP contribution in [0.4, 0.5) is 14.5 Å². The zero-order valence-electron chi connectivity index (χ0n) is 12.4. The fourth-order valence-electron chi connectivity index (χ4n) is 1.89. The number of carbonyl (C=O) groups excluding carboxylic acids is 1. The molecule has 23 heavy (non-hydrogen) atoms. The lowest BCUT2D eigenvalue weighted by Gasteiger charge is -2.17. The van der Waals surface area contributed by atoms with Gasteiger partial charge in [0.1, 0.15) is 5.82 Å². The summed E-state index contributed by atoms with van der Waals surface area (Å²) in [5.74, 6) is -0.0262. The SMILES string of the molecule is CN(Cc1nccn1C(F)F)C(=O)Cc1ccc(N)cc1.Cl.Cl. The standard InChI is InChI=1S/C14H16F2N4O.2ClH/c1-19(9-12-18-6-7-20(12)14(15)16)13(21)8-10-2-4-11(17)5-3-10;;/h2-7,14H,8-9,17H2,1H3;2*1H. The molecule has 0 spiro atoms. The van der Waals surface area contributed by atoms with Crippen LogP contribution in [0.2, 0.25) is 0 Å². The van der Waals surface area contributed by atoms with Crippen LogP contribution in [0, 0.1) is 0 Å². The average molecular weight is 367 g/mol. The van der Waals surface area contributed by atoms with Crippen molar-refractivity contribution < 1.29 is 13.6 Å². The first-order valence-electron chi connectivity index (χ1n) is 6.35. The van der Waals surface area contributed by atoms with Gasteiger partial charge in [-0.2, -0.15) is 8.78 Å². The lowest BCUT2D eigenvalue weighted by Crippen LogP contribution is -2.29. The third kappa shape index (κ3) is 5.69. The van der Waals surface area contributed by atoms with E-state index in [0.29, 0.717) is 5.69 Å². The molecule has 0 aliphatic carbocycles. The highest BCUT2D eigenvalue weighted by molar-refractivity contribution is 5.85. The van der Waals surface area contributed by atoms with Crippen molar-refractivity contribution in [1.82, 2.24) is 14.5 Å². The van der Waals surface area contributed by atoms with Gasteiger partial charge in [-0.1, -0.05) is 12.1 Å². The molecule has 0 saturated heterocycles. The highest BCUT2D eigenvalue weighted by Gasteiger charge is 2.16. The summed E-state index contributed by atoms with van der Waals surface area (Å²) in [6, 6.07) is 6.96. The Morgan fingerprint density at radius 3 is 2.48 bits per heavy atom. The van der Waals surface area contributed by atoms with Crippen LogP contribution < -0.4 is 5.73 Å². The zero-order chi connectivity index (χ0) is 15.4. The van der Waals surface area contributed by atoms with Crippen molar-refractivity contribution in [3.63, 3.8) is 0 Å². The summed E-state index contributed by atoms with van der Waals surface area (Å²) in [5, 5.41) is 0. The van der Waals surface area contributed by atoms with Crippen LogP contribution in [0.5, 0.6) is 0 Å². The van der Waals surface area contributed by atoms with Crippen molar-refractivity contribution >= 4 is 36.4 Å². The molecule has 0 saturated carbocycles. The van der Waals surface area contributed by atoms with Crippen molar-refractivity contribution in [2.75, 3.05) is 12.8 Å². The first-order valence-corrected chi connectivity index (χ1v) is 6.35. The molecule has 9 heteroatoms. The second kappa shape index (κ2) is 9.32. The Kier molecular flexibility index (Phi) is 8.56. The predicted octanol–water partition coefficient (Wildman–Crippen LogP) is 2.91. The molecule has 1 amide bonds. The quantitative estimate of drug-likeness (QED) is 0.827. The summed E-state index contributed by atoms with van der Waals surface area (Å²) < 4.78 is 26.2. The molecule has 1 heterocycles. The number of imidazole rings is 1. The van der Waals surface area contributed by atoms with Crippen LogP contribution in [-0.2, 0) is 17.8 Å². The molecule has 0 fully saturated rings. The van der Waals surface area contributed by atoms with E-state index in [0.717, 1.165) is 10.1 Å². The van der Waals surface area contributed by atoms with E-state index in [4.69, 9.17) is 5.73 Å². The molecule has 0 atom stereocenters. The number of hydrogen-bond donors (Lipinski definition) is 1. The summed E-state index contributed by atoms with van der Waals surface area (Å²) in [5.41, 5.74) is 7.02. The van der Waals surface area contributed by atoms with Crippen LogP contribution in [0.1, 0.15) is 17.9 Å². The topological polar surface area (TPSA) is 64.2 Å². The van der Waals surface area contributed by atoms with E-state index in [1.165, 1.54) is 17.3 Å². The third-order valence-electron chi connectivity index (χ3n) is 3.10. The number of nitrogen functional groups attached to an aromatic ring is 1. The molecule has 0 unspecified atom stereocenters. The molecule has 1 aromatic heterocycles. The second-order valence-electron chi connectivity index (χ2n) is 4.70. The predicted molar refractivity (Wildman–Crippen MR) is 89.0 cm³/mol. The lowest BCUT2D eigenvalue weighted by atomic mass is 10.1. The van der Waals surface area contributed by atoms with E-state index in [9.17, 15) is 13.6 Å². The molecule has 0 aliphatic heterocycles. The molecule has 2 N–H and O–H groups in total. The minimum absolute atomic E-state index is 0. The number of hydrogen-bond acceptors (Lipinski definition) is 3. The van der Waals surface area contributed by atoms with E-state index in [1.807, 2.05) is 0 Å². The number of anilines is 1. The smallest absolute Gasteiger partial charge is 0.319 e. The monoisotopic (exact) mass is 366 g/mol. The number of benzene rings is 1. The first kappa shape index (κ1) is 21.1. The number of aromatic nitrogens is 2. The number of rotatable bonds is 5. The van der Waals surface area contributed by atoms with Gasteiger partial charge in [-0.05, 0) is 17.7 Å². The largest absolute Gasteiger partial charge is 0.399 e. The van der Waals surface area contributed by atoms with Gasteiger partial charge in [-0.25, -0.2) is 4.98 Å². The summed E-state index contributed by atoms with van der Waals surface area (Å²) in [6.45, 7) is -2.63. The Labute approximate surface area is 145 Å². The minimum Gasteiger partial charge on any atom is -0.399 e. The van der Waals surface area contributed by atoms with Gasteiger partial charge >= 0.3 is 6.55 Å². The van der Waals surface area contributed by atoms with E-state index >= 15 is 0 Å². The van der Waals surface area contributed by atoms with Crippen LogP contribution in [0.3, 0.4) is 0 Å². The molecule has 2 rings (SSSR count). The zero-order valence-corrected chi connectivity index (χ0v) is 14.0. The maximum atomic E-state index is 12.7. The first-order chi connectivity index (χ1) is 9.97. The van der Waals surface area contributed by atoms with Crippen LogP contribution in [-0.4, -0.2) is 27.4 Å². The maximum absolute atomic E-state index is 12.7. The fourth-order valence-corrected chi connectivity index (χ4v) is 1.89. The summed E-state index contributed by atoms with van der Waals surface area (Å²) in [4.78, 5) is 17.3. The van der Waals surface area contributed by atoms with Gasteiger partial charge in [0.25, 0.3) is 0 Å². The van der Waals surface area contributed by atoms with Crippen molar-refractivity contribution in [2.24, 2.45) is 0 Å². The number of amides is 1. The number of nitrogens with zero attached hydrogens (tertiary/aromatic N) is 3. The lowest BCUT2D eigenvalue weighted by molar-refractivity contribution is -0.129. The van der Waals surface area contributed by atoms with Crippen molar-refractivity contribution in [3.8, 4) is 0 Å². The average Bonchev–Trinajstić information content (AvgIpc) is 2.89. The molecular weight excluding hydrogens is 349 g/mol. The molecule has 1 aromatic carbocycles. The van der Waals surface area contributed by atoms with Crippen LogP contribution in [0.25, 0.3) is 0 Å². The van der Waals surface area contributed by atoms with Gasteiger partial charge in [-0.3, -0.25) is 9.36 Å². The van der Waals surface area contributed by atoms with Gasteiger partial charge in [0.05, 0.1) is 13.0 Å². The second-order valence-corrected chi connectivity index (χ2v) is 4.70. The molecule has 128 valence electrons. The van der Waals surface area contributed by atoms with Gasteiger partial charge in [-0.15, -0.1) is 24.8 Å². The minimum atomic E-state index is -2.66. The molecule has 0 bridgehead atoms. The van der Waals surface area contributed by atoms with Gasteiger partial charge in [0.2, 0.25) is 5.91 Å². The Morgan fingerprint density at radius 1 is 1.30 bits per heavy atom. The highest BCUT2D eigenvalue weighted by atomic mass is 35.5. The summed E-state index contributed by atoms with van der Waals surface area (Å²) in [7, 11) is 1.56. The summed E-state index contributed by atoms with van der Waals surface area (Å²) in [6.07, 6.45) is 2.67. The molecule has 0 aliphatic rings. The van der Waals surface area contributed by atoms with E-state index in [2.05, 4.69) is 4.98 Å². The van der Waals surface area contributed by atoms with Crippen molar-refractivity contribution in [2.45, 2.75) is 19.5 Å². The fraction of sp³-hybridized carbons (Fsp3) is 0.286. The van der Waals surface area contributed by atoms with E-state index < -0.39 is 6.55 Å². The summed E-state index contributed by atoms with van der Waals surface area (Å²) >= 11 is 0. The number of likely N-dealkylation sites (N-methyl/N-ethyl adjacent to an activating group) is 1. The number of alkyl halides is 2. The van der Waals surface area contributed by atoms with Crippen LogP contribution >= 0.6 is 24.8 Å². The molecule has 0 radical (unpaired) electrons. The normalized spacial score (nSPS) is 9.91. The van der Waals surface area contributed by atoms with Gasteiger partial charge < -0.3 is 10.6 Å². The molecule has 2 aromatic rings. The number of nitrogens with two attached hydrogens (primary N) is 1. The van der Waals surface area contributed by atoms with E-state index in [1.54, 1.807) is 31.3 Å². The number of carbonyl (C=O) groups is 1. The third-order valence-corrected chi connectivity index (χ3v) is 3.10. The van der Waals surface area contributed by atoms with Gasteiger partial charge in [0.15, 0.2) is 0 Å².